The first-order valence-electron chi connectivity index (χ1n) is 8.06. The molecule has 126 valence electrons. The molecular weight excluding hydrogens is 322 g/mol. The summed E-state index contributed by atoms with van der Waals surface area (Å²) in [5.41, 5.74) is 2.24. The van der Waals surface area contributed by atoms with E-state index in [1.165, 1.54) is 17.3 Å². The molecule has 3 rings (SSSR count). The maximum atomic E-state index is 12.1. The number of aromatic nitrogens is 2. The Bertz CT molecular complexity index is 714. The quantitative estimate of drug-likeness (QED) is 0.809. The third kappa shape index (κ3) is 4.47. The van der Waals surface area contributed by atoms with Crippen LogP contribution in [0.2, 0.25) is 0 Å². The molecular formula is C18H21N3O2S. The van der Waals surface area contributed by atoms with Gasteiger partial charge in [-0.2, -0.15) is 5.10 Å². The zero-order valence-electron chi connectivity index (χ0n) is 13.7. The fraction of sp³-hybridized carbons (Fsp3) is 0.389. The number of nitrogens with zero attached hydrogens (tertiary/aromatic N) is 3. The van der Waals surface area contributed by atoms with Crippen LogP contribution in [0.5, 0.6) is 0 Å². The molecule has 2 heterocycles. The third-order valence-electron chi connectivity index (χ3n) is 4.06. The second-order valence-electron chi connectivity index (χ2n) is 6.18. The van der Waals surface area contributed by atoms with E-state index in [1.807, 2.05) is 40.2 Å². The maximum Gasteiger partial charge on any atom is 0.223 e. The fourth-order valence-electron chi connectivity index (χ4n) is 2.92. The summed E-state index contributed by atoms with van der Waals surface area (Å²) in [5.74, 6) is 1.16. The largest absolute Gasteiger partial charge is 0.338 e. The first-order valence-corrected chi connectivity index (χ1v) is 9.05. The monoisotopic (exact) mass is 343 g/mol. The summed E-state index contributed by atoms with van der Waals surface area (Å²) in [5, 5.41) is 4.50. The van der Waals surface area contributed by atoms with E-state index < -0.39 is 0 Å². The molecule has 0 N–H and O–H groups in total. The van der Waals surface area contributed by atoms with Gasteiger partial charge in [-0.25, -0.2) is 0 Å². The van der Waals surface area contributed by atoms with Crippen LogP contribution in [0.3, 0.4) is 0 Å². The first kappa shape index (κ1) is 16.8. The zero-order chi connectivity index (χ0) is 16.9. The van der Waals surface area contributed by atoms with Gasteiger partial charge in [0.05, 0.1) is 12.7 Å². The molecule has 0 bridgehead atoms. The molecule has 24 heavy (non-hydrogen) atoms. The fourth-order valence-corrected chi connectivity index (χ4v) is 3.61. The summed E-state index contributed by atoms with van der Waals surface area (Å²) >= 11 is 1.31. The van der Waals surface area contributed by atoms with Crippen LogP contribution in [0.4, 0.5) is 0 Å². The lowest BCUT2D eigenvalue weighted by Crippen LogP contribution is -2.24. The summed E-state index contributed by atoms with van der Waals surface area (Å²) in [6.07, 6.45) is 4.37. The molecule has 0 aliphatic carbocycles. The number of carbonyl (C=O) groups excluding carboxylic acids is 2. The van der Waals surface area contributed by atoms with Gasteiger partial charge < -0.3 is 4.90 Å². The summed E-state index contributed by atoms with van der Waals surface area (Å²) in [7, 11) is 0. The van der Waals surface area contributed by atoms with Crippen LogP contribution in [-0.2, 0) is 22.7 Å². The summed E-state index contributed by atoms with van der Waals surface area (Å²) in [6.45, 7) is 3.62. The molecule has 5 nitrogen and oxygen atoms in total. The van der Waals surface area contributed by atoms with Crippen molar-refractivity contribution >= 4 is 22.8 Å². The topological polar surface area (TPSA) is 55.2 Å². The minimum absolute atomic E-state index is 0.114. The Balaban J connectivity index is 1.55. The molecule has 1 aromatic heterocycles. The molecule has 1 aliphatic rings. The van der Waals surface area contributed by atoms with Crippen molar-refractivity contribution in [3.63, 3.8) is 0 Å². The Hall–Kier alpha value is -2.08. The Labute approximate surface area is 146 Å². The van der Waals surface area contributed by atoms with Crippen molar-refractivity contribution in [2.24, 2.45) is 5.92 Å². The molecule has 2 aromatic rings. The number of hydrogen-bond donors (Lipinski definition) is 0. The maximum absolute atomic E-state index is 12.1. The molecule has 1 unspecified atom stereocenters. The van der Waals surface area contributed by atoms with Gasteiger partial charge in [0.2, 0.25) is 5.91 Å². The number of benzene rings is 1. The lowest BCUT2D eigenvalue weighted by molar-refractivity contribution is -0.128. The van der Waals surface area contributed by atoms with E-state index in [-0.39, 0.29) is 16.9 Å². The van der Waals surface area contributed by atoms with E-state index in [4.69, 9.17) is 0 Å². The van der Waals surface area contributed by atoms with Gasteiger partial charge in [-0.05, 0) is 11.5 Å². The smallest absolute Gasteiger partial charge is 0.223 e. The molecule has 0 spiro atoms. The van der Waals surface area contributed by atoms with Gasteiger partial charge in [-0.15, -0.1) is 0 Å². The first-order chi connectivity index (χ1) is 11.6. The Morgan fingerprint density at radius 3 is 2.79 bits per heavy atom. The van der Waals surface area contributed by atoms with Crippen molar-refractivity contribution in [2.45, 2.75) is 26.4 Å². The number of hydrogen-bond acceptors (Lipinski definition) is 4. The van der Waals surface area contributed by atoms with Crippen molar-refractivity contribution in [3.05, 3.63) is 53.9 Å². The van der Waals surface area contributed by atoms with E-state index in [0.717, 1.165) is 24.4 Å². The molecule has 0 saturated carbocycles. The Kier molecular flexibility index (Phi) is 5.35. The highest BCUT2D eigenvalue weighted by Gasteiger charge is 2.29. The SMILES string of the molecule is CC(=O)SCC1CC(=O)N(Cc2cnn(Cc3ccccc3)c2)C1. The highest BCUT2D eigenvalue weighted by atomic mass is 32.2. The molecule has 1 fully saturated rings. The average Bonchev–Trinajstić information content (AvgIpc) is 3.14. The van der Waals surface area contributed by atoms with Gasteiger partial charge in [-0.3, -0.25) is 14.3 Å². The van der Waals surface area contributed by atoms with Gasteiger partial charge in [0.25, 0.3) is 0 Å². The van der Waals surface area contributed by atoms with Gasteiger partial charge in [0.1, 0.15) is 0 Å². The Morgan fingerprint density at radius 1 is 1.25 bits per heavy atom. The molecule has 1 amide bonds. The summed E-state index contributed by atoms with van der Waals surface area (Å²) < 4.78 is 1.90. The number of amides is 1. The highest BCUT2D eigenvalue weighted by Crippen LogP contribution is 2.23. The number of carbonyl (C=O) groups is 2. The van der Waals surface area contributed by atoms with Crippen LogP contribution >= 0.6 is 11.8 Å². The van der Waals surface area contributed by atoms with Gasteiger partial charge in [0.15, 0.2) is 5.12 Å². The Morgan fingerprint density at radius 2 is 2.04 bits per heavy atom. The van der Waals surface area contributed by atoms with Crippen molar-refractivity contribution in [1.82, 2.24) is 14.7 Å². The highest BCUT2D eigenvalue weighted by molar-refractivity contribution is 8.13. The minimum atomic E-state index is 0.114. The lowest BCUT2D eigenvalue weighted by Gasteiger charge is -2.15. The van der Waals surface area contributed by atoms with Crippen LogP contribution in [0.15, 0.2) is 42.7 Å². The standard InChI is InChI=1S/C18H21N3O2S/c1-14(22)24-13-16-7-18(23)20(9-16)10-17-8-19-21(12-17)11-15-5-3-2-4-6-15/h2-6,8,12,16H,7,9-11,13H2,1H3. The predicted octanol–water partition coefficient (Wildman–Crippen LogP) is 2.56. The number of likely N-dealkylation sites (tertiary alicyclic amines) is 1. The third-order valence-corrected chi connectivity index (χ3v) is 5.11. The van der Waals surface area contributed by atoms with Gasteiger partial charge >= 0.3 is 0 Å². The molecule has 1 aliphatic heterocycles. The van der Waals surface area contributed by atoms with E-state index in [1.54, 1.807) is 6.92 Å². The molecule has 6 heteroatoms. The average molecular weight is 343 g/mol. The van der Waals surface area contributed by atoms with E-state index >= 15 is 0 Å². The van der Waals surface area contributed by atoms with Crippen LogP contribution in [-0.4, -0.2) is 38.0 Å². The van der Waals surface area contributed by atoms with Crippen LogP contribution in [0.25, 0.3) is 0 Å². The second-order valence-corrected chi connectivity index (χ2v) is 7.38. The van der Waals surface area contributed by atoms with Crippen molar-refractivity contribution in [1.29, 1.82) is 0 Å². The number of thioether (sulfide) groups is 1. The van der Waals surface area contributed by atoms with Gasteiger partial charge in [-0.1, -0.05) is 42.1 Å². The van der Waals surface area contributed by atoms with Crippen molar-refractivity contribution < 1.29 is 9.59 Å². The summed E-state index contributed by atoms with van der Waals surface area (Å²) in [6, 6.07) is 10.2. The molecule has 1 atom stereocenters. The van der Waals surface area contributed by atoms with E-state index in [9.17, 15) is 9.59 Å². The molecule has 1 aromatic carbocycles. The predicted molar refractivity (Wildman–Crippen MR) is 94.4 cm³/mol. The second kappa shape index (κ2) is 7.66. The zero-order valence-corrected chi connectivity index (χ0v) is 14.5. The minimum Gasteiger partial charge on any atom is -0.338 e. The number of rotatable bonds is 6. The molecule has 1 saturated heterocycles. The van der Waals surface area contributed by atoms with Crippen LogP contribution < -0.4 is 0 Å². The normalized spacial score (nSPS) is 17.5. The van der Waals surface area contributed by atoms with Crippen LogP contribution in [0, 0.1) is 5.92 Å². The van der Waals surface area contributed by atoms with Crippen molar-refractivity contribution in [3.8, 4) is 0 Å². The van der Waals surface area contributed by atoms with Crippen molar-refractivity contribution in [2.75, 3.05) is 12.3 Å². The van der Waals surface area contributed by atoms with Crippen LogP contribution in [0.1, 0.15) is 24.5 Å². The lowest BCUT2D eigenvalue weighted by atomic mass is 10.1. The summed E-state index contributed by atoms with van der Waals surface area (Å²) in [4.78, 5) is 25.1. The molecule has 0 radical (unpaired) electrons. The van der Waals surface area contributed by atoms with E-state index in [2.05, 4.69) is 17.2 Å². The van der Waals surface area contributed by atoms with Gasteiger partial charge in [0, 0.05) is 43.9 Å². The van der Waals surface area contributed by atoms with E-state index in [0.29, 0.717) is 13.0 Å².